The molecule has 1 aromatic heterocycles. The molecule has 0 bridgehead atoms. The Bertz CT molecular complexity index is 640. The molecular formula is C13H9Cl2N3. The quantitative estimate of drug-likeness (QED) is 0.862. The number of nitrogen functional groups attached to an aromatic ring is 1. The predicted molar refractivity (Wildman–Crippen MR) is 73.6 cm³/mol. The SMILES string of the molecule is Cc1cc(-c2c(Cl)cccc2Cl)c(C#N)c(N)n1. The van der Waals surface area contributed by atoms with Gasteiger partial charge in [0.2, 0.25) is 0 Å². The van der Waals surface area contributed by atoms with Crippen molar-refractivity contribution in [3.63, 3.8) is 0 Å². The fraction of sp³-hybridized carbons (Fsp3) is 0.0769. The second kappa shape index (κ2) is 4.85. The lowest BCUT2D eigenvalue weighted by molar-refractivity contribution is 1.20. The average Bonchev–Trinajstić information content (AvgIpc) is 2.28. The van der Waals surface area contributed by atoms with Crippen LogP contribution in [-0.4, -0.2) is 4.98 Å². The number of nitriles is 1. The third-order valence-corrected chi connectivity index (χ3v) is 3.15. The van der Waals surface area contributed by atoms with Crippen LogP contribution in [0.15, 0.2) is 24.3 Å². The second-order valence-corrected chi connectivity index (χ2v) is 4.59. The number of nitrogens with zero attached hydrogens (tertiary/aromatic N) is 2. The number of halogens is 2. The molecule has 0 fully saturated rings. The molecule has 1 heterocycles. The summed E-state index contributed by atoms with van der Waals surface area (Å²) in [6, 6.07) is 8.98. The summed E-state index contributed by atoms with van der Waals surface area (Å²) >= 11 is 12.3. The van der Waals surface area contributed by atoms with E-state index >= 15 is 0 Å². The van der Waals surface area contributed by atoms with Gasteiger partial charge in [0.05, 0.1) is 0 Å². The van der Waals surface area contributed by atoms with Gasteiger partial charge in [0.15, 0.2) is 0 Å². The van der Waals surface area contributed by atoms with E-state index in [0.29, 0.717) is 26.9 Å². The molecule has 0 radical (unpaired) electrons. The molecule has 0 aliphatic carbocycles. The van der Waals surface area contributed by atoms with Crippen molar-refractivity contribution < 1.29 is 0 Å². The molecule has 18 heavy (non-hydrogen) atoms. The molecule has 0 unspecified atom stereocenters. The summed E-state index contributed by atoms with van der Waals surface area (Å²) in [6.07, 6.45) is 0. The third kappa shape index (κ3) is 2.13. The number of pyridine rings is 1. The van der Waals surface area contributed by atoms with Gasteiger partial charge in [-0.3, -0.25) is 0 Å². The Morgan fingerprint density at radius 1 is 1.28 bits per heavy atom. The van der Waals surface area contributed by atoms with E-state index in [-0.39, 0.29) is 11.4 Å². The summed E-state index contributed by atoms with van der Waals surface area (Å²) in [6.45, 7) is 1.80. The molecule has 0 spiro atoms. The van der Waals surface area contributed by atoms with Crippen LogP contribution in [-0.2, 0) is 0 Å². The van der Waals surface area contributed by atoms with Gasteiger partial charge in [-0.2, -0.15) is 5.26 Å². The number of rotatable bonds is 1. The van der Waals surface area contributed by atoms with E-state index < -0.39 is 0 Å². The molecule has 0 saturated heterocycles. The van der Waals surface area contributed by atoms with Crippen LogP contribution in [0.25, 0.3) is 11.1 Å². The molecule has 3 nitrogen and oxygen atoms in total. The molecule has 0 saturated carbocycles. The maximum atomic E-state index is 9.18. The number of anilines is 1. The van der Waals surface area contributed by atoms with Crippen LogP contribution in [0.3, 0.4) is 0 Å². The number of benzene rings is 1. The normalized spacial score (nSPS) is 10.1. The smallest absolute Gasteiger partial charge is 0.142 e. The van der Waals surface area contributed by atoms with Crippen molar-refractivity contribution in [3.05, 3.63) is 45.6 Å². The first-order valence-corrected chi connectivity index (χ1v) is 5.91. The lowest BCUT2D eigenvalue weighted by atomic mass is 10.0. The number of hydrogen-bond acceptors (Lipinski definition) is 3. The topological polar surface area (TPSA) is 62.7 Å². The maximum Gasteiger partial charge on any atom is 0.142 e. The van der Waals surface area contributed by atoms with Crippen LogP contribution in [0.1, 0.15) is 11.3 Å². The van der Waals surface area contributed by atoms with E-state index in [1.807, 2.05) is 6.07 Å². The van der Waals surface area contributed by atoms with Crippen molar-refractivity contribution in [2.45, 2.75) is 6.92 Å². The third-order valence-electron chi connectivity index (χ3n) is 2.52. The minimum Gasteiger partial charge on any atom is -0.383 e. The molecule has 0 aliphatic heterocycles. The van der Waals surface area contributed by atoms with Crippen LogP contribution in [0.4, 0.5) is 5.82 Å². The van der Waals surface area contributed by atoms with Gasteiger partial charge in [0, 0.05) is 26.9 Å². The molecule has 2 aromatic rings. The highest BCUT2D eigenvalue weighted by Crippen LogP contribution is 2.37. The molecule has 0 atom stereocenters. The summed E-state index contributed by atoms with van der Waals surface area (Å²) in [5.74, 6) is 0.184. The first-order chi connectivity index (χ1) is 8.54. The lowest BCUT2D eigenvalue weighted by Gasteiger charge is -2.11. The summed E-state index contributed by atoms with van der Waals surface area (Å²) in [5.41, 5.74) is 7.96. The average molecular weight is 278 g/mol. The molecule has 90 valence electrons. The van der Waals surface area contributed by atoms with E-state index in [2.05, 4.69) is 4.98 Å². The Morgan fingerprint density at radius 2 is 1.89 bits per heavy atom. The first kappa shape index (κ1) is 12.7. The monoisotopic (exact) mass is 277 g/mol. The Balaban J connectivity index is 2.84. The zero-order chi connectivity index (χ0) is 13.3. The van der Waals surface area contributed by atoms with E-state index in [0.717, 1.165) is 0 Å². The minimum absolute atomic E-state index is 0.184. The maximum absolute atomic E-state index is 9.18. The van der Waals surface area contributed by atoms with Gasteiger partial charge in [-0.25, -0.2) is 4.98 Å². The van der Waals surface area contributed by atoms with Gasteiger partial charge in [0.1, 0.15) is 17.5 Å². The highest BCUT2D eigenvalue weighted by atomic mass is 35.5. The second-order valence-electron chi connectivity index (χ2n) is 3.78. The van der Waals surface area contributed by atoms with Crippen LogP contribution in [0.2, 0.25) is 10.0 Å². The van der Waals surface area contributed by atoms with Crippen LogP contribution in [0.5, 0.6) is 0 Å². The number of nitrogens with two attached hydrogens (primary N) is 1. The molecule has 2 rings (SSSR count). The molecule has 2 N–H and O–H groups in total. The Hall–Kier alpha value is -1.76. The van der Waals surface area contributed by atoms with Crippen molar-refractivity contribution in [2.75, 3.05) is 5.73 Å². The standard InChI is InChI=1S/C13H9Cl2N3/c1-7-5-8(9(6-16)13(17)18-7)12-10(14)3-2-4-11(12)15/h2-5H,1H3,(H2,17,18). The number of aromatic nitrogens is 1. The number of hydrogen-bond donors (Lipinski definition) is 1. The van der Waals surface area contributed by atoms with Crippen molar-refractivity contribution >= 4 is 29.0 Å². The Kier molecular flexibility index (Phi) is 3.42. The van der Waals surface area contributed by atoms with Gasteiger partial charge in [-0.1, -0.05) is 29.3 Å². The van der Waals surface area contributed by atoms with E-state index in [4.69, 9.17) is 28.9 Å². The molecule has 5 heteroatoms. The largest absolute Gasteiger partial charge is 0.383 e. The summed E-state index contributed by atoms with van der Waals surface area (Å²) < 4.78 is 0. The van der Waals surface area contributed by atoms with Crippen molar-refractivity contribution in [3.8, 4) is 17.2 Å². The Morgan fingerprint density at radius 3 is 2.44 bits per heavy atom. The van der Waals surface area contributed by atoms with E-state index in [1.54, 1.807) is 31.2 Å². The Labute approximate surface area is 115 Å². The van der Waals surface area contributed by atoms with Crippen molar-refractivity contribution in [2.24, 2.45) is 0 Å². The zero-order valence-electron chi connectivity index (χ0n) is 9.54. The number of aryl methyl sites for hydroxylation is 1. The highest BCUT2D eigenvalue weighted by Gasteiger charge is 2.15. The minimum atomic E-state index is 0.184. The van der Waals surface area contributed by atoms with Gasteiger partial charge >= 0.3 is 0 Å². The lowest BCUT2D eigenvalue weighted by Crippen LogP contribution is -1.99. The summed E-state index contributed by atoms with van der Waals surface area (Å²) in [4.78, 5) is 4.06. The first-order valence-electron chi connectivity index (χ1n) is 5.16. The molecular weight excluding hydrogens is 269 g/mol. The molecule has 0 amide bonds. The fourth-order valence-electron chi connectivity index (χ4n) is 1.77. The van der Waals surface area contributed by atoms with Crippen LogP contribution < -0.4 is 5.73 Å². The van der Waals surface area contributed by atoms with Gasteiger partial charge in [-0.05, 0) is 25.1 Å². The zero-order valence-corrected chi connectivity index (χ0v) is 11.0. The van der Waals surface area contributed by atoms with Gasteiger partial charge in [0.25, 0.3) is 0 Å². The van der Waals surface area contributed by atoms with Crippen molar-refractivity contribution in [1.82, 2.24) is 4.98 Å². The van der Waals surface area contributed by atoms with Crippen LogP contribution >= 0.6 is 23.2 Å². The van der Waals surface area contributed by atoms with Gasteiger partial charge < -0.3 is 5.73 Å². The predicted octanol–water partition coefficient (Wildman–Crippen LogP) is 3.82. The highest BCUT2D eigenvalue weighted by molar-refractivity contribution is 6.39. The molecule has 0 aliphatic rings. The van der Waals surface area contributed by atoms with E-state index in [1.165, 1.54) is 0 Å². The van der Waals surface area contributed by atoms with E-state index in [9.17, 15) is 5.26 Å². The fourth-order valence-corrected chi connectivity index (χ4v) is 2.37. The summed E-state index contributed by atoms with van der Waals surface area (Å²) in [7, 11) is 0. The van der Waals surface area contributed by atoms with Gasteiger partial charge in [-0.15, -0.1) is 0 Å². The van der Waals surface area contributed by atoms with Crippen LogP contribution in [0, 0.1) is 18.3 Å². The molecule has 1 aromatic carbocycles. The van der Waals surface area contributed by atoms with Crippen molar-refractivity contribution in [1.29, 1.82) is 5.26 Å². The summed E-state index contributed by atoms with van der Waals surface area (Å²) in [5, 5.41) is 10.1.